The maximum absolute atomic E-state index is 11.5. The van der Waals surface area contributed by atoms with E-state index in [0.717, 1.165) is 48.9 Å². The summed E-state index contributed by atoms with van der Waals surface area (Å²) in [6, 6.07) is 0. The topological polar surface area (TPSA) is 46.5 Å². The number of esters is 1. The van der Waals surface area contributed by atoms with Crippen LogP contribution in [0, 0.1) is 40.4 Å². The van der Waals surface area contributed by atoms with E-state index in [2.05, 4.69) is 13.8 Å². The monoisotopic (exact) mass is 376 g/mol. The van der Waals surface area contributed by atoms with E-state index in [0.29, 0.717) is 17.3 Å². The van der Waals surface area contributed by atoms with Crippen LogP contribution in [0.25, 0.3) is 0 Å². The summed E-state index contributed by atoms with van der Waals surface area (Å²) in [6.07, 6.45) is 14.3. The van der Waals surface area contributed by atoms with Crippen molar-refractivity contribution >= 4 is 5.97 Å². The van der Waals surface area contributed by atoms with Crippen molar-refractivity contribution in [2.45, 2.75) is 97.0 Å². The van der Waals surface area contributed by atoms with Crippen molar-refractivity contribution in [3.63, 3.8) is 0 Å². The number of hydrogen-bond donors (Lipinski definition) is 1. The van der Waals surface area contributed by atoms with Gasteiger partial charge in [-0.05, 0) is 111 Å². The highest BCUT2D eigenvalue weighted by Gasteiger charge is 2.59. The molecule has 154 valence electrons. The lowest BCUT2D eigenvalue weighted by atomic mass is 9.44. The Morgan fingerprint density at radius 3 is 2.52 bits per heavy atom. The summed E-state index contributed by atoms with van der Waals surface area (Å²) in [6.45, 7) is 5.16. The van der Waals surface area contributed by atoms with Gasteiger partial charge in [-0.15, -0.1) is 0 Å². The molecule has 4 rings (SSSR count). The molecule has 8 atom stereocenters. The molecule has 27 heavy (non-hydrogen) atoms. The maximum Gasteiger partial charge on any atom is 0.305 e. The summed E-state index contributed by atoms with van der Waals surface area (Å²) in [5, 5.41) is 10.2. The molecule has 0 radical (unpaired) electrons. The summed E-state index contributed by atoms with van der Waals surface area (Å²) in [7, 11) is 1.50. The standard InChI is InChI=1S/C24H40O3/c1-23-14-12-21-19(9-7-17-15-18(25)11-13-24(17,21)2)20(23)10-8-16(23)5-4-6-22(26)27-3/h16-21,25H,4-15H2,1-3H3/t16-,17-,18-,19?,20?,21?,23+,24-/m0/s1. The van der Waals surface area contributed by atoms with Gasteiger partial charge in [0.05, 0.1) is 13.2 Å². The van der Waals surface area contributed by atoms with Gasteiger partial charge in [-0.1, -0.05) is 13.8 Å². The van der Waals surface area contributed by atoms with Crippen LogP contribution in [0.1, 0.15) is 90.9 Å². The number of fused-ring (bicyclic) bond motifs is 5. The fourth-order valence-corrected chi connectivity index (χ4v) is 8.41. The van der Waals surface area contributed by atoms with Crippen molar-refractivity contribution in [3.05, 3.63) is 0 Å². The first-order valence-electron chi connectivity index (χ1n) is 11.6. The van der Waals surface area contributed by atoms with Gasteiger partial charge in [0.25, 0.3) is 0 Å². The quantitative estimate of drug-likeness (QED) is 0.673. The highest BCUT2D eigenvalue weighted by Crippen LogP contribution is 2.67. The van der Waals surface area contributed by atoms with E-state index < -0.39 is 0 Å². The Balaban J connectivity index is 1.45. The lowest BCUT2D eigenvalue weighted by Gasteiger charge is -2.61. The third kappa shape index (κ3) is 3.26. The van der Waals surface area contributed by atoms with Crippen molar-refractivity contribution in [3.8, 4) is 0 Å². The molecule has 0 spiro atoms. The number of rotatable bonds is 4. The average molecular weight is 377 g/mol. The molecule has 0 bridgehead atoms. The zero-order valence-electron chi connectivity index (χ0n) is 17.7. The van der Waals surface area contributed by atoms with E-state index in [1.165, 1.54) is 58.5 Å². The summed E-state index contributed by atoms with van der Waals surface area (Å²) >= 11 is 0. The third-order valence-corrected chi connectivity index (χ3v) is 10.00. The fourth-order valence-electron chi connectivity index (χ4n) is 8.41. The predicted molar refractivity (Wildman–Crippen MR) is 107 cm³/mol. The molecule has 0 aliphatic heterocycles. The largest absolute Gasteiger partial charge is 0.469 e. The number of carbonyl (C=O) groups is 1. The zero-order chi connectivity index (χ0) is 19.2. The molecule has 4 aliphatic rings. The lowest BCUT2D eigenvalue weighted by molar-refractivity contribution is -0.141. The van der Waals surface area contributed by atoms with Crippen LogP contribution in [0.2, 0.25) is 0 Å². The molecule has 0 heterocycles. The molecule has 3 heteroatoms. The number of hydrogen-bond acceptors (Lipinski definition) is 3. The second-order valence-electron chi connectivity index (χ2n) is 10.9. The molecular formula is C24H40O3. The molecule has 4 aliphatic carbocycles. The van der Waals surface area contributed by atoms with Crippen LogP contribution >= 0.6 is 0 Å². The molecular weight excluding hydrogens is 336 g/mol. The summed E-state index contributed by atoms with van der Waals surface area (Å²) in [4.78, 5) is 11.5. The van der Waals surface area contributed by atoms with E-state index in [9.17, 15) is 9.90 Å². The molecule has 1 N–H and O–H groups in total. The van der Waals surface area contributed by atoms with Gasteiger partial charge in [-0.3, -0.25) is 4.79 Å². The normalized spacial score (nSPS) is 49.0. The number of ether oxygens (including phenoxy) is 1. The Morgan fingerprint density at radius 2 is 1.74 bits per heavy atom. The van der Waals surface area contributed by atoms with Gasteiger partial charge in [-0.2, -0.15) is 0 Å². The number of carbonyl (C=O) groups excluding carboxylic acids is 1. The van der Waals surface area contributed by atoms with Gasteiger partial charge in [0.15, 0.2) is 0 Å². The predicted octanol–water partition coefficient (Wildman–Crippen LogP) is 5.35. The van der Waals surface area contributed by atoms with Gasteiger partial charge in [0, 0.05) is 6.42 Å². The third-order valence-electron chi connectivity index (χ3n) is 10.00. The molecule has 0 aromatic rings. The maximum atomic E-state index is 11.5. The Kier molecular flexibility index (Phi) is 5.37. The van der Waals surface area contributed by atoms with Crippen LogP contribution in [-0.2, 0) is 9.53 Å². The van der Waals surface area contributed by atoms with Gasteiger partial charge in [0.2, 0.25) is 0 Å². The highest BCUT2D eigenvalue weighted by molar-refractivity contribution is 5.68. The second kappa shape index (κ2) is 7.35. The Hall–Kier alpha value is -0.570. The highest BCUT2D eigenvalue weighted by atomic mass is 16.5. The van der Waals surface area contributed by atoms with Crippen molar-refractivity contribution < 1.29 is 14.6 Å². The molecule has 0 saturated heterocycles. The molecule has 0 aromatic carbocycles. The zero-order valence-corrected chi connectivity index (χ0v) is 17.7. The van der Waals surface area contributed by atoms with E-state index in [1.807, 2.05) is 0 Å². The molecule has 0 amide bonds. The van der Waals surface area contributed by atoms with Crippen LogP contribution in [-0.4, -0.2) is 24.3 Å². The minimum Gasteiger partial charge on any atom is -0.469 e. The molecule has 3 unspecified atom stereocenters. The van der Waals surface area contributed by atoms with Crippen molar-refractivity contribution in [1.29, 1.82) is 0 Å². The average Bonchev–Trinajstić information content (AvgIpc) is 2.99. The Morgan fingerprint density at radius 1 is 1.00 bits per heavy atom. The Labute approximate surface area is 165 Å². The molecule has 0 aromatic heterocycles. The first-order chi connectivity index (χ1) is 12.9. The van der Waals surface area contributed by atoms with Crippen LogP contribution in [0.5, 0.6) is 0 Å². The SMILES string of the molecule is COC(=O)CCC[C@H]1CCC2C3CC[C@H]4C[C@@H](O)CC[C@]4(C)C3CC[C@@]21C. The van der Waals surface area contributed by atoms with E-state index in [4.69, 9.17) is 4.74 Å². The van der Waals surface area contributed by atoms with Crippen LogP contribution in [0.4, 0.5) is 0 Å². The lowest BCUT2D eigenvalue weighted by Crippen LogP contribution is -2.53. The Bertz CT molecular complexity index is 560. The minimum atomic E-state index is -0.0517. The molecule has 4 saturated carbocycles. The smallest absolute Gasteiger partial charge is 0.305 e. The van der Waals surface area contributed by atoms with Gasteiger partial charge in [0.1, 0.15) is 0 Å². The van der Waals surface area contributed by atoms with Crippen molar-refractivity contribution in [1.82, 2.24) is 0 Å². The van der Waals surface area contributed by atoms with Crippen LogP contribution in [0.3, 0.4) is 0 Å². The van der Waals surface area contributed by atoms with E-state index >= 15 is 0 Å². The molecule has 3 nitrogen and oxygen atoms in total. The van der Waals surface area contributed by atoms with Gasteiger partial charge >= 0.3 is 5.97 Å². The van der Waals surface area contributed by atoms with Gasteiger partial charge < -0.3 is 9.84 Å². The number of methoxy groups -OCH3 is 1. The van der Waals surface area contributed by atoms with E-state index in [-0.39, 0.29) is 12.1 Å². The van der Waals surface area contributed by atoms with Crippen molar-refractivity contribution in [2.75, 3.05) is 7.11 Å². The molecule has 4 fully saturated rings. The van der Waals surface area contributed by atoms with Crippen LogP contribution < -0.4 is 0 Å². The summed E-state index contributed by atoms with van der Waals surface area (Å²) in [5.41, 5.74) is 0.973. The van der Waals surface area contributed by atoms with Crippen molar-refractivity contribution in [2.24, 2.45) is 40.4 Å². The minimum absolute atomic E-state index is 0.0425. The fraction of sp³-hybridized carbons (Fsp3) is 0.958. The van der Waals surface area contributed by atoms with Crippen LogP contribution in [0.15, 0.2) is 0 Å². The first-order valence-corrected chi connectivity index (χ1v) is 11.6. The second-order valence-corrected chi connectivity index (χ2v) is 10.9. The first kappa shape index (κ1) is 19.7. The number of aliphatic hydroxyl groups excluding tert-OH is 1. The number of aliphatic hydroxyl groups is 1. The van der Waals surface area contributed by atoms with Gasteiger partial charge in [-0.25, -0.2) is 0 Å². The summed E-state index contributed by atoms with van der Waals surface area (Å²) < 4.78 is 4.83. The summed E-state index contributed by atoms with van der Waals surface area (Å²) in [5.74, 6) is 4.19. The van der Waals surface area contributed by atoms with E-state index in [1.54, 1.807) is 0 Å².